The maximum absolute atomic E-state index is 5.94. The number of aryl methyl sites for hydroxylation is 1. The molecule has 1 aromatic carbocycles. The van der Waals surface area contributed by atoms with Gasteiger partial charge in [-0.3, -0.25) is 4.98 Å². The normalized spacial score (nSPS) is 10.5. The van der Waals surface area contributed by atoms with Crippen LogP contribution in [-0.4, -0.2) is 11.6 Å². The molecule has 0 aliphatic rings. The van der Waals surface area contributed by atoms with Crippen molar-refractivity contribution in [2.75, 3.05) is 6.61 Å². The smallest absolute Gasteiger partial charge is 0.175 e. The van der Waals surface area contributed by atoms with Crippen LogP contribution in [0, 0.1) is 6.92 Å². The summed E-state index contributed by atoms with van der Waals surface area (Å²) in [6, 6.07) is 7.96. The summed E-state index contributed by atoms with van der Waals surface area (Å²) in [7, 11) is 0. The fraction of sp³-hybridized carbons (Fsp3) is 0.312. The molecule has 0 saturated heterocycles. The van der Waals surface area contributed by atoms with Gasteiger partial charge in [0.05, 0.1) is 16.8 Å². The lowest BCUT2D eigenvalue weighted by atomic mass is 10.2. The first-order valence-electron chi connectivity index (χ1n) is 6.70. The van der Waals surface area contributed by atoms with Crippen molar-refractivity contribution in [1.82, 2.24) is 4.98 Å². The zero-order valence-corrected chi connectivity index (χ0v) is 15.2. The molecule has 1 aromatic heterocycles. The number of pyridine rings is 1. The Morgan fingerprint density at radius 1 is 1.24 bits per heavy atom. The van der Waals surface area contributed by atoms with Gasteiger partial charge in [-0.25, -0.2) is 0 Å². The van der Waals surface area contributed by atoms with Crippen LogP contribution in [0.4, 0.5) is 0 Å². The molecule has 0 aliphatic heterocycles. The molecule has 0 atom stereocenters. The van der Waals surface area contributed by atoms with Gasteiger partial charge in [0.2, 0.25) is 0 Å². The minimum atomic E-state index is 0.416. The summed E-state index contributed by atoms with van der Waals surface area (Å²) >= 11 is 7.01. The summed E-state index contributed by atoms with van der Waals surface area (Å²) in [4.78, 5) is 4.34. The molecule has 5 heteroatoms. The Hall–Kier alpha value is -1.07. The van der Waals surface area contributed by atoms with Crippen LogP contribution in [0.1, 0.15) is 23.7 Å². The highest BCUT2D eigenvalue weighted by Crippen LogP contribution is 2.38. The van der Waals surface area contributed by atoms with Gasteiger partial charge in [0.15, 0.2) is 11.5 Å². The van der Waals surface area contributed by atoms with Crippen LogP contribution < -0.4 is 9.47 Å². The van der Waals surface area contributed by atoms with Crippen LogP contribution in [0.5, 0.6) is 11.5 Å². The van der Waals surface area contributed by atoms with E-state index in [1.165, 1.54) is 0 Å². The molecule has 0 N–H and O–H groups in total. The van der Waals surface area contributed by atoms with Gasteiger partial charge < -0.3 is 9.47 Å². The molecule has 0 spiro atoms. The van der Waals surface area contributed by atoms with Crippen LogP contribution in [0.25, 0.3) is 0 Å². The highest BCUT2D eigenvalue weighted by molar-refractivity contribution is 9.10. The van der Waals surface area contributed by atoms with Crippen molar-refractivity contribution in [1.29, 1.82) is 0 Å². The van der Waals surface area contributed by atoms with Crippen molar-refractivity contribution in [3.63, 3.8) is 0 Å². The predicted molar refractivity (Wildman–Crippen MR) is 91.2 cm³/mol. The minimum Gasteiger partial charge on any atom is -0.490 e. The fourth-order valence-corrected chi connectivity index (χ4v) is 2.84. The number of halogens is 2. The second kappa shape index (κ2) is 7.80. The highest BCUT2D eigenvalue weighted by atomic mass is 79.9. The molecular weight excluding hydrogens is 398 g/mol. The van der Waals surface area contributed by atoms with E-state index in [0.29, 0.717) is 19.0 Å². The fourth-order valence-electron chi connectivity index (χ4n) is 1.91. The van der Waals surface area contributed by atoms with Crippen LogP contribution in [-0.2, 0) is 11.9 Å². The number of aromatic nitrogens is 1. The van der Waals surface area contributed by atoms with Crippen LogP contribution in [0.3, 0.4) is 0 Å². The molecule has 0 bridgehead atoms. The van der Waals surface area contributed by atoms with E-state index in [4.69, 9.17) is 9.47 Å². The molecule has 0 amide bonds. The summed E-state index contributed by atoms with van der Waals surface area (Å²) in [6.07, 6.45) is 1.78. The number of rotatable bonds is 6. The van der Waals surface area contributed by atoms with Crippen molar-refractivity contribution in [3.8, 4) is 11.5 Å². The van der Waals surface area contributed by atoms with Gasteiger partial charge in [-0.1, -0.05) is 22.0 Å². The molecule has 0 aliphatic carbocycles. The van der Waals surface area contributed by atoms with Crippen LogP contribution in [0.2, 0.25) is 0 Å². The number of hydrogen-bond donors (Lipinski definition) is 0. The Kier molecular flexibility index (Phi) is 6.06. The second-order valence-electron chi connectivity index (χ2n) is 4.53. The van der Waals surface area contributed by atoms with Crippen molar-refractivity contribution in [3.05, 3.63) is 51.8 Å². The molecule has 0 saturated carbocycles. The van der Waals surface area contributed by atoms with E-state index in [1.807, 2.05) is 38.1 Å². The third-order valence-corrected chi connectivity index (χ3v) is 4.23. The lowest BCUT2D eigenvalue weighted by molar-refractivity contribution is 0.264. The van der Waals surface area contributed by atoms with Gasteiger partial charge in [-0.2, -0.15) is 0 Å². The molecule has 112 valence electrons. The average molecular weight is 415 g/mol. The van der Waals surface area contributed by atoms with Gasteiger partial charge >= 0.3 is 0 Å². The third kappa shape index (κ3) is 4.20. The molecule has 0 unspecified atom stereocenters. The minimum absolute atomic E-state index is 0.416. The molecule has 2 rings (SSSR count). The molecular formula is C16H17Br2NO2. The van der Waals surface area contributed by atoms with E-state index in [-0.39, 0.29) is 0 Å². The summed E-state index contributed by atoms with van der Waals surface area (Å²) < 4.78 is 12.5. The predicted octanol–water partition coefficient (Wildman–Crippen LogP) is 5.03. The van der Waals surface area contributed by atoms with Crippen LogP contribution >= 0.6 is 31.9 Å². The standard InChI is InChI=1S/C16H17Br2NO2/c1-3-20-15-8-12(9-17)7-13(18)16(15)21-10-14-11(2)5-4-6-19-14/h4-8H,3,9-10H2,1-2H3. The van der Waals surface area contributed by atoms with E-state index in [1.54, 1.807) is 6.20 Å². The molecule has 3 nitrogen and oxygen atoms in total. The highest BCUT2D eigenvalue weighted by Gasteiger charge is 2.13. The first-order chi connectivity index (χ1) is 10.2. The summed E-state index contributed by atoms with van der Waals surface area (Å²) in [5.74, 6) is 1.46. The monoisotopic (exact) mass is 413 g/mol. The lowest BCUT2D eigenvalue weighted by Gasteiger charge is -2.15. The van der Waals surface area contributed by atoms with Gasteiger partial charge in [-0.05, 0) is 59.1 Å². The van der Waals surface area contributed by atoms with Gasteiger partial charge in [0.25, 0.3) is 0 Å². The molecule has 1 heterocycles. The maximum Gasteiger partial charge on any atom is 0.175 e. The number of alkyl halides is 1. The zero-order chi connectivity index (χ0) is 15.2. The number of ether oxygens (including phenoxy) is 2. The Labute approximate surface area is 141 Å². The zero-order valence-electron chi connectivity index (χ0n) is 12.0. The first kappa shape index (κ1) is 16.3. The van der Waals surface area contributed by atoms with Crippen molar-refractivity contribution < 1.29 is 9.47 Å². The SMILES string of the molecule is CCOc1cc(CBr)cc(Br)c1OCc1ncccc1C. The number of benzene rings is 1. The molecule has 21 heavy (non-hydrogen) atoms. The topological polar surface area (TPSA) is 31.4 Å². The van der Waals surface area contributed by atoms with E-state index >= 15 is 0 Å². The van der Waals surface area contributed by atoms with Gasteiger partial charge in [0.1, 0.15) is 6.61 Å². The van der Waals surface area contributed by atoms with Crippen molar-refractivity contribution in [2.45, 2.75) is 25.8 Å². The molecule has 2 aromatic rings. The Morgan fingerprint density at radius 3 is 2.71 bits per heavy atom. The van der Waals surface area contributed by atoms with E-state index < -0.39 is 0 Å². The molecule has 0 radical (unpaired) electrons. The van der Waals surface area contributed by atoms with Crippen molar-refractivity contribution in [2.24, 2.45) is 0 Å². The van der Waals surface area contributed by atoms with Crippen molar-refractivity contribution >= 4 is 31.9 Å². The third-order valence-electron chi connectivity index (χ3n) is 2.99. The summed E-state index contributed by atoms with van der Waals surface area (Å²) in [5.41, 5.74) is 3.17. The Bertz CT molecular complexity index is 617. The maximum atomic E-state index is 5.94. The number of hydrogen-bond acceptors (Lipinski definition) is 3. The quantitative estimate of drug-likeness (QED) is 0.621. The van der Waals surface area contributed by atoms with Gasteiger partial charge in [0, 0.05) is 11.5 Å². The lowest BCUT2D eigenvalue weighted by Crippen LogP contribution is -2.03. The Morgan fingerprint density at radius 2 is 2.05 bits per heavy atom. The largest absolute Gasteiger partial charge is 0.490 e. The van der Waals surface area contributed by atoms with E-state index in [9.17, 15) is 0 Å². The molecule has 0 fully saturated rings. The van der Waals surface area contributed by atoms with Gasteiger partial charge in [-0.15, -0.1) is 0 Å². The van der Waals surface area contributed by atoms with E-state index in [0.717, 1.165) is 32.4 Å². The van der Waals surface area contributed by atoms with E-state index in [2.05, 4.69) is 36.8 Å². The Balaban J connectivity index is 2.24. The second-order valence-corrected chi connectivity index (χ2v) is 5.94. The van der Waals surface area contributed by atoms with Crippen LogP contribution in [0.15, 0.2) is 34.9 Å². The average Bonchev–Trinajstić information content (AvgIpc) is 2.48. The summed E-state index contributed by atoms with van der Waals surface area (Å²) in [6.45, 7) is 5.00. The number of nitrogens with zero attached hydrogens (tertiary/aromatic N) is 1. The summed E-state index contributed by atoms with van der Waals surface area (Å²) in [5, 5.41) is 0.769. The first-order valence-corrected chi connectivity index (χ1v) is 8.61.